The first-order chi connectivity index (χ1) is 9.24. The number of nitrogens with zero attached hydrogens (tertiary/aromatic N) is 1. The molecule has 3 N–H and O–H groups in total. The summed E-state index contributed by atoms with van der Waals surface area (Å²) in [5, 5.41) is 0.962. The zero-order valence-electron chi connectivity index (χ0n) is 10.3. The van der Waals surface area contributed by atoms with E-state index in [0.717, 1.165) is 16.5 Å². The van der Waals surface area contributed by atoms with E-state index in [1.165, 1.54) is 0 Å². The minimum absolute atomic E-state index is 0.0761. The fraction of sp³-hybridized carbons (Fsp3) is 0.0667. The summed E-state index contributed by atoms with van der Waals surface area (Å²) >= 11 is 0. The molecule has 0 saturated carbocycles. The zero-order valence-corrected chi connectivity index (χ0v) is 10.3. The van der Waals surface area contributed by atoms with E-state index in [1.807, 2.05) is 41.2 Å². The molecule has 0 unspecified atom stereocenters. The van der Waals surface area contributed by atoms with Crippen LogP contribution in [0.25, 0.3) is 10.9 Å². The Balaban J connectivity index is 1.90. The highest BCUT2D eigenvalue weighted by atomic mass is 16.1. The first-order valence-electron chi connectivity index (χ1n) is 6.08. The number of H-pyrrole nitrogens is 1. The van der Waals surface area contributed by atoms with Crippen LogP contribution in [0.1, 0.15) is 10.4 Å². The van der Waals surface area contributed by atoms with Gasteiger partial charge in [0.25, 0.3) is 0 Å². The molecule has 3 rings (SSSR count). The maximum Gasteiger partial charge on any atom is 0.229 e. The SMILES string of the molecule is Nc1cc[n+](CC(=O)c2c[nH]c3ccccc23)cc1. The van der Waals surface area contributed by atoms with Crippen molar-refractivity contribution in [1.29, 1.82) is 0 Å². The van der Waals surface area contributed by atoms with E-state index in [2.05, 4.69) is 4.98 Å². The topological polar surface area (TPSA) is 62.8 Å². The number of carbonyl (C=O) groups excluding carboxylic acids is 1. The van der Waals surface area contributed by atoms with Crippen LogP contribution in [-0.4, -0.2) is 10.8 Å². The number of nitrogens with two attached hydrogens (primary N) is 1. The number of Topliss-reactive ketones (excluding diaryl/α,β-unsaturated/α-hetero) is 1. The summed E-state index contributed by atoms with van der Waals surface area (Å²) in [6.45, 7) is 0.308. The van der Waals surface area contributed by atoms with Crippen LogP contribution >= 0.6 is 0 Å². The summed E-state index contributed by atoms with van der Waals surface area (Å²) in [5.74, 6) is 0.0761. The van der Waals surface area contributed by atoms with Crippen LogP contribution in [0, 0.1) is 0 Å². The number of para-hydroxylation sites is 1. The molecular formula is C15H14N3O+. The lowest BCUT2D eigenvalue weighted by atomic mass is 10.1. The maximum atomic E-state index is 12.3. The molecule has 0 aliphatic rings. The molecule has 2 heterocycles. The number of benzene rings is 1. The van der Waals surface area contributed by atoms with E-state index in [0.29, 0.717) is 12.2 Å². The second kappa shape index (κ2) is 4.57. The summed E-state index contributed by atoms with van der Waals surface area (Å²) in [5.41, 5.74) is 8.02. The number of hydrogen-bond donors (Lipinski definition) is 2. The van der Waals surface area contributed by atoms with Gasteiger partial charge in [0.1, 0.15) is 0 Å². The number of anilines is 1. The molecule has 0 amide bonds. The minimum Gasteiger partial charge on any atom is -0.398 e. The number of fused-ring (bicyclic) bond motifs is 1. The van der Waals surface area contributed by atoms with Crippen molar-refractivity contribution >= 4 is 22.4 Å². The van der Waals surface area contributed by atoms with E-state index in [4.69, 9.17) is 5.73 Å². The number of hydrogen-bond acceptors (Lipinski definition) is 2. The van der Waals surface area contributed by atoms with Gasteiger partial charge < -0.3 is 10.7 Å². The van der Waals surface area contributed by atoms with E-state index in [9.17, 15) is 4.79 Å². The molecule has 0 aliphatic heterocycles. The van der Waals surface area contributed by atoms with Crippen molar-refractivity contribution < 1.29 is 9.36 Å². The predicted octanol–water partition coefficient (Wildman–Crippen LogP) is 1.92. The Morgan fingerprint density at radius 1 is 1.16 bits per heavy atom. The van der Waals surface area contributed by atoms with Gasteiger partial charge in [0, 0.05) is 40.5 Å². The Morgan fingerprint density at radius 3 is 2.68 bits per heavy atom. The average molecular weight is 252 g/mol. The van der Waals surface area contributed by atoms with Crippen molar-refractivity contribution in [3.8, 4) is 0 Å². The average Bonchev–Trinajstić information content (AvgIpc) is 2.85. The molecule has 2 aromatic heterocycles. The number of nitrogen functional groups attached to an aromatic ring is 1. The van der Waals surface area contributed by atoms with Crippen molar-refractivity contribution in [3.63, 3.8) is 0 Å². The third-order valence-electron chi connectivity index (χ3n) is 3.13. The molecule has 0 saturated heterocycles. The highest BCUT2D eigenvalue weighted by Gasteiger charge is 2.15. The smallest absolute Gasteiger partial charge is 0.229 e. The summed E-state index contributed by atoms with van der Waals surface area (Å²) in [6, 6.07) is 11.4. The van der Waals surface area contributed by atoms with Gasteiger partial charge in [0.05, 0.1) is 0 Å². The van der Waals surface area contributed by atoms with Gasteiger partial charge in [-0.2, -0.15) is 4.57 Å². The second-order valence-corrected chi connectivity index (χ2v) is 4.47. The Hall–Kier alpha value is -2.62. The molecule has 0 aliphatic carbocycles. The molecule has 0 radical (unpaired) electrons. The van der Waals surface area contributed by atoms with Crippen molar-refractivity contribution in [3.05, 3.63) is 60.6 Å². The lowest BCUT2D eigenvalue weighted by molar-refractivity contribution is -0.683. The van der Waals surface area contributed by atoms with Crippen LogP contribution in [0.15, 0.2) is 55.0 Å². The highest BCUT2D eigenvalue weighted by molar-refractivity contribution is 6.07. The first kappa shape index (κ1) is 11.5. The molecule has 1 aromatic carbocycles. The Morgan fingerprint density at radius 2 is 1.89 bits per heavy atom. The van der Waals surface area contributed by atoms with Gasteiger partial charge in [0.2, 0.25) is 12.3 Å². The molecule has 94 valence electrons. The lowest BCUT2D eigenvalue weighted by Crippen LogP contribution is -2.37. The molecule has 0 bridgehead atoms. The number of rotatable bonds is 3. The largest absolute Gasteiger partial charge is 0.398 e. The molecule has 4 nitrogen and oxygen atoms in total. The number of ketones is 1. The zero-order chi connectivity index (χ0) is 13.2. The van der Waals surface area contributed by atoms with E-state index < -0.39 is 0 Å². The number of aromatic amines is 1. The van der Waals surface area contributed by atoms with Crippen LogP contribution in [0.5, 0.6) is 0 Å². The monoisotopic (exact) mass is 252 g/mol. The third kappa shape index (κ3) is 2.20. The molecule has 0 atom stereocenters. The fourth-order valence-corrected chi connectivity index (χ4v) is 2.13. The van der Waals surface area contributed by atoms with Gasteiger partial charge >= 0.3 is 0 Å². The van der Waals surface area contributed by atoms with Crippen LogP contribution in [0.2, 0.25) is 0 Å². The van der Waals surface area contributed by atoms with E-state index in [1.54, 1.807) is 18.3 Å². The molecule has 4 heteroatoms. The summed E-state index contributed by atoms with van der Waals surface area (Å²) in [6.07, 6.45) is 5.38. The van der Waals surface area contributed by atoms with Gasteiger partial charge in [-0.3, -0.25) is 4.79 Å². The van der Waals surface area contributed by atoms with E-state index in [-0.39, 0.29) is 5.78 Å². The third-order valence-corrected chi connectivity index (χ3v) is 3.13. The minimum atomic E-state index is 0.0761. The summed E-state index contributed by atoms with van der Waals surface area (Å²) in [7, 11) is 0. The Bertz CT molecular complexity index is 728. The fourth-order valence-electron chi connectivity index (χ4n) is 2.13. The Labute approximate surface area is 110 Å². The highest BCUT2D eigenvalue weighted by Crippen LogP contribution is 2.18. The lowest BCUT2D eigenvalue weighted by Gasteiger charge is -1.97. The van der Waals surface area contributed by atoms with Crippen molar-refractivity contribution in [2.75, 3.05) is 5.73 Å². The van der Waals surface area contributed by atoms with E-state index >= 15 is 0 Å². The quantitative estimate of drug-likeness (QED) is 0.552. The first-order valence-corrected chi connectivity index (χ1v) is 6.08. The molecule has 0 spiro atoms. The van der Waals surface area contributed by atoms with Crippen molar-refractivity contribution in [2.24, 2.45) is 0 Å². The summed E-state index contributed by atoms with van der Waals surface area (Å²) < 4.78 is 1.82. The standard InChI is InChI=1S/C15H13N3O/c16-11-5-7-18(8-6-11)10-15(19)13-9-17-14-4-2-1-3-12(13)14/h1-9,16H,10H2,(H,17,19)/p+1. The van der Waals surface area contributed by atoms with Gasteiger partial charge in [-0.15, -0.1) is 0 Å². The van der Waals surface area contributed by atoms with Gasteiger partial charge in [0.15, 0.2) is 12.4 Å². The van der Waals surface area contributed by atoms with Crippen LogP contribution < -0.4 is 10.3 Å². The summed E-state index contributed by atoms with van der Waals surface area (Å²) in [4.78, 5) is 15.4. The molecule has 19 heavy (non-hydrogen) atoms. The van der Waals surface area contributed by atoms with Crippen molar-refractivity contribution in [1.82, 2.24) is 4.98 Å². The molecular weight excluding hydrogens is 238 g/mol. The number of carbonyl (C=O) groups is 1. The normalized spacial score (nSPS) is 10.7. The Kier molecular flexibility index (Phi) is 2.76. The molecule has 3 aromatic rings. The number of aromatic nitrogens is 2. The maximum absolute atomic E-state index is 12.3. The number of nitrogens with one attached hydrogen (secondary N) is 1. The molecule has 0 fully saturated rings. The predicted molar refractivity (Wildman–Crippen MR) is 73.7 cm³/mol. The van der Waals surface area contributed by atoms with Crippen LogP contribution in [-0.2, 0) is 6.54 Å². The number of pyridine rings is 1. The second-order valence-electron chi connectivity index (χ2n) is 4.47. The van der Waals surface area contributed by atoms with Crippen LogP contribution in [0.4, 0.5) is 5.69 Å². The van der Waals surface area contributed by atoms with Gasteiger partial charge in [-0.05, 0) is 6.07 Å². The van der Waals surface area contributed by atoms with Crippen LogP contribution in [0.3, 0.4) is 0 Å². The van der Waals surface area contributed by atoms with Gasteiger partial charge in [-0.1, -0.05) is 18.2 Å². The van der Waals surface area contributed by atoms with Crippen molar-refractivity contribution in [2.45, 2.75) is 6.54 Å². The van der Waals surface area contributed by atoms with Gasteiger partial charge in [-0.25, -0.2) is 0 Å².